The molecule has 0 spiro atoms. The summed E-state index contributed by atoms with van der Waals surface area (Å²) in [5.74, 6) is -0.0408. The summed E-state index contributed by atoms with van der Waals surface area (Å²) in [7, 11) is 2.74. The molecule has 0 aliphatic heterocycles. The molecule has 9 heteroatoms. The molecule has 0 bridgehead atoms. The van der Waals surface area contributed by atoms with Gasteiger partial charge in [-0.25, -0.2) is 14.6 Å². The fourth-order valence-electron chi connectivity index (χ4n) is 3.02. The van der Waals surface area contributed by atoms with Gasteiger partial charge in [-0.15, -0.1) is 0 Å². The minimum Gasteiger partial charge on any atom is -0.473 e. The fraction of sp³-hybridized carbons (Fsp3) is 0.200. The summed E-state index contributed by atoms with van der Waals surface area (Å²) in [5, 5.41) is 0.800. The molecule has 0 aliphatic rings. The molecule has 0 atom stereocenters. The van der Waals surface area contributed by atoms with Gasteiger partial charge in [-0.3, -0.25) is 4.79 Å². The van der Waals surface area contributed by atoms with Crippen LogP contribution in [0.3, 0.4) is 0 Å². The molecule has 1 N–H and O–H groups in total. The Morgan fingerprint density at radius 3 is 1.74 bits per heavy atom. The average molecular weight is 595 g/mol. The number of halogens is 1. The van der Waals surface area contributed by atoms with Gasteiger partial charge in [0.1, 0.15) is 6.61 Å². The summed E-state index contributed by atoms with van der Waals surface area (Å²) in [4.78, 5) is 39.6. The highest BCUT2D eigenvalue weighted by molar-refractivity contribution is 9.08. The Kier molecular flexibility index (Phi) is 13.2. The minimum atomic E-state index is -0.340. The van der Waals surface area contributed by atoms with Crippen molar-refractivity contribution in [2.75, 3.05) is 14.2 Å². The van der Waals surface area contributed by atoms with E-state index in [0.717, 1.165) is 27.8 Å². The van der Waals surface area contributed by atoms with Crippen LogP contribution in [0.4, 0.5) is 0 Å². The normalized spacial score (nSPS) is 9.67. The molecule has 0 aliphatic carbocycles. The zero-order valence-corrected chi connectivity index (χ0v) is 23.9. The molecule has 0 radical (unpaired) electrons. The third-order valence-corrected chi connectivity index (χ3v) is 5.72. The van der Waals surface area contributed by atoms with E-state index in [1.807, 2.05) is 62.4 Å². The maximum Gasteiger partial charge on any atom is 0.337 e. The summed E-state index contributed by atoms with van der Waals surface area (Å²) < 4.78 is 14.8. The molecular weight excluding hydrogens is 564 g/mol. The number of hydrogen-bond donors (Lipinski definition) is 1. The van der Waals surface area contributed by atoms with Gasteiger partial charge in [0, 0.05) is 28.9 Å². The van der Waals surface area contributed by atoms with Gasteiger partial charge in [-0.2, -0.15) is 0 Å². The van der Waals surface area contributed by atoms with Crippen LogP contribution in [0.1, 0.15) is 43.2 Å². The summed E-state index contributed by atoms with van der Waals surface area (Å²) in [6.45, 7) is 4.18. The number of esters is 2. The summed E-state index contributed by atoms with van der Waals surface area (Å²) >= 11 is 3.32. The number of methoxy groups -OCH3 is 2. The molecule has 4 rings (SSSR count). The highest BCUT2D eigenvalue weighted by Gasteiger charge is 2.05. The van der Waals surface area contributed by atoms with Gasteiger partial charge in [0.25, 0.3) is 0 Å². The number of aromatic nitrogens is 2. The highest BCUT2D eigenvalue weighted by atomic mass is 79.9. The molecule has 4 aromatic rings. The Balaban J connectivity index is 0.000000227. The van der Waals surface area contributed by atoms with Crippen molar-refractivity contribution in [3.05, 3.63) is 129 Å². The predicted molar refractivity (Wildman–Crippen MR) is 153 cm³/mol. The minimum absolute atomic E-state index is 0.0370. The Bertz CT molecular complexity index is 1390. The lowest BCUT2D eigenvalue weighted by atomic mass is 10.1. The van der Waals surface area contributed by atoms with Crippen LogP contribution in [-0.2, 0) is 21.4 Å². The Morgan fingerprint density at radius 2 is 1.31 bits per heavy atom. The van der Waals surface area contributed by atoms with Gasteiger partial charge in [0.2, 0.25) is 11.4 Å². The van der Waals surface area contributed by atoms with Crippen molar-refractivity contribution in [3.8, 4) is 5.88 Å². The molecule has 2 aromatic heterocycles. The molecule has 204 valence electrons. The molecule has 0 fully saturated rings. The molecule has 0 amide bonds. The lowest BCUT2D eigenvalue weighted by Gasteiger charge is -2.06. The number of hydrogen-bond acceptors (Lipinski definition) is 7. The van der Waals surface area contributed by atoms with Crippen LogP contribution in [-0.4, -0.2) is 36.1 Å². The number of alkyl halides is 1. The van der Waals surface area contributed by atoms with E-state index in [-0.39, 0.29) is 17.5 Å². The maximum atomic E-state index is 11.3. The molecule has 2 heterocycles. The van der Waals surface area contributed by atoms with Gasteiger partial charge in [0.05, 0.1) is 25.3 Å². The van der Waals surface area contributed by atoms with Crippen LogP contribution in [0.2, 0.25) is 0 Å². The van der Waals surface area contributed by atoms with E-state index in [1.165, 1.54) is 20.3 Å². The average Bonchev–Trinajstić information content (AvgIpc) is 2.96. The highest BCUT2D eigenvalue weighted by Crippen LogP contribution is 2.12. The molecule has 8 nitrogen and oxygen atoms in total. The lowest BCUT2D eigenvalue weighted by Crippen LogP contribution is -2.02. The summed E-state index contributed by atoms with van der Waals surface area (Å²) in [6.07, 6.45) is 0. The number of nitrogens with zero attached hydrogens (tertiary/aromatic N) is 1. The Labute approximate surface area is 236 Å². The monoisotopic (exact) mass is 594 g/mol. The van der Waals surface area contributed by atoms with E-state index in [4.69, 9.17) is 4.74 Å². The van der Waals surface area contributed by atoms with E-state index in [1.54, 1.807) is 30.3 Å². The largest absolute Gasteiger partial charge is 0.473 e. The number of pyridine rings is 2. The van der Waals surface area contributed by atoms with Crippen molar-refractivity contribution in [2.24, 2.45) is 0 Å². The quantitative estimate of drug-likeness (QED) is 0.222. The number of aryl methyl sites for hydroxylation is 2. The number of nitrogens with one attached hydrogen (secondary N) is 1. The molecule has 0 saturated heterocycles. The number of carbonyl (C=O) groups excluding carboxylic acids is 2. The molecule has 39 heavy (non-hydrogen) atoms. The number of carbonyl (C=O) groups is 2. The molecule has 0 saturated carbocycles. The van der Waals surface area contributed by atoms with Crippen molar-refractivity contribution in [3.63, 3.8) is 0 Å². The Morgan fingerprint density at radius 1 is 0.769 bits per heavy atom. The second-order valence-electron chi connectivity index (χ2n) is 8.11. The predicted octanol–water partition coefficient (Wildman–Crippen LogP) is 5.81. The first kappa shape index (κ1) is 31.0. The first-order chi connectivity index (χ1) is 18.7. The smallest absolute Gasteiger partial charge is 0.337 e. The number of rotatable bonds is 6. The van der Waals surface area contributed by atoms with Gasteiger partial charge < -0.3 is 19.2 Å². The maximum absolute atomic E-state index is 11.3. The number of benzene rings is 2. The summed E-state index contributed by atoms with van der Waals surface area (Å²) in [5.41, 5.74) is 5.00. The molecular formula is C30H31BrN2O6. The van der Waals surface area contributed by atoms with Crippen LogP contribution < -0.4 is 10.3 Å². The van der Waals surface area contributed by atoms with Crippen molar-refractivity contribution in [1.82, 2.24) is 9.97 Å². The van der Waals surface area contributed by atoms with Gasteiger partial charge in [-0.05, 0) is 61.4 Å². The van der Waals surface area contributed by atoms with Crippen LogP contribution in [0.5, 0.6) is 5.88 Å². The van der Waals surface area contributed by atoms with Crippen molar-refractivity contribution in [2.45, 2.75) is 25.8 Å². The number of aromatic amines is 1. The van der Waals surface area contributed by atoms with Crippen molar-refractivity contribution < 1.29 is 23.8 Å². The topological polar surface area (TPSA) is 108 Å². The van der Waals surface area contributed by atoms with E-state index in [2.05, 4.69) is 35.4 Å². The third-order valence-electron chi connectivity index (χ3n) is 5.07. The van der Waals surface area contributed by atoms with Gasteiger partial charge in [-0.1, -0.05) is 52.3 Å². The van der Waals surface area contributed by atoms with E-state index >= 15 is 0 Å². The SMILES string of the molecule is COC(=O)c1ccc(CBr)cc1.COC(=O)c1ccc(COc2cccc(C)n2)cc1.Cc1cccc(=O)[nH]1. The Hall–Kier alpha value is -4.24. The van der Waals surface area contributed by atoms with Crippen LogP contribution >= 0.6 is 15.9 Å². The lowest BCUT2D eigenvalue weighted by molar-refractivity contribution is 0.0592. The molecule has 2 aromatic carbocycles. The van der Waals surface area contributed by atoms with E-state index in [0.29, 0.717) is 23.6 Å². The first-order valence-corrected chi connectivity index (χ1v) is 13.0. The van der Waals surface area contributed by atoms with E-state index in [9.17, 15) is 14.4 Å². The standard InChI is InChI=1S/C15H15NO3.C9H9BrO2.C6H7NO/c1-11-4-3-5-14(16-11)19-10-12-6-8-13(9-7-12)15(17)18-2;1-12-9(11)8-4-2-7(6-10)3-5-8;1-5-3-2-4-6(8)7-5/h3-9H,10H2,1-2H3;2-5H,6H2,1H3;2-4H,1H3,(H,7,8). The fourth-order valence-corrected chi connectivity index (χ4v) is 3.39. The second kappa shape index (κ2) is 16.6. The zero-order valence-electron chi connectivity index (χ0n) is 22.3. The van der Waals surface area contributed by atoms with Crippen LogP contribution in [0, 0.1) is 13.8 Å². The number of ether oxygens (including phenoxy) is 3. The van der Waals surface area contributed by atoms with Crippen molar-refractivity contribution >= 4 is 27.9 Å². The van der Waals surface area contributed by atoms with Crippen LogP contribution in [0.25, 0.3) is 0 Å². The van der Waals surface area contributed by atoms with Gasteiger partial charge >= 0.3 is 11.9 Å². The zero-order chi connectivity index (χ0) is 28.6. The van der Waals surface area contributed by atoms with Crippen molar-refractivity contribution in [1.29, 1.82) is 0 Å². The second-order valence-corrected chi connectivity index (χ2v) is 8.68. The third kappa shape index (κ3) is 11.4. The van der Waals surface area contributed by atoms with E-state index < -0.39 is 0 Å². The molecule has 0 unspecified atom stereocenters. The van der Waals surface area contributed by atoms with Gasteiger partial charge in [0.15, 0.2) is 0 Å². The first-order valence-electron chi connectivity index (χ1n) is 11.9. The number of H-pyrrole nitrogens is 1. The van der Waals surface area contributed by atoms with Crippen LogP contribution in [0.15, 0.2) is 89.7 Å². The summed E-state index contributed by atoms with van der Waals surface area (Å²) in [6, 6.07) is 25.1.